The number of nitrogens with two attached hydrogens (primary N) is 1. The minimum Gasteiger partial charge on any atom is -0.369 e. The first-order chi connectivity index (χ1) is 9.10. The van der Waals surface area contributed by atoms with E-state index >= 15 is 0 Å². The van der Waals surface area contributed by atoms with E-state index < -0.39 is 0 Å². The van der Waals surface area contributed by atoms with Gasteiger partial charge in [0.05, 0.1) is 0 Å². The molecule has 0 aromatic rings. The van der Waals surface area contributed by atoms with Crippen LogP contribution in [0.1, 0.15) is 58.8 Å². The van der Waals surface area contributed by atoms with Crippen LogP contribution in [0.15, 0.2) is 0 Å². The van der Waals surface area contributed by atoms with Crippen LogP contribution >= 0.6 is 0 Å². The minimum atomic E-state index is -0.323. The van der Waals surface area contributed by atoms with Gasteiger partial charge in [0.1, 0.15) is 0 Å². The summed E-state index contributed by atoms with van der Waals surface area (Å²) >= 11 is 0. The van der Waals surface area contributed by atoms with Gasteiger partial charge in [-0.05, 0) is 25.7 Å². The summed E-state index contributed by atoms with van der Waals surface area (Å²) in [6.07, 6.45) is 7.29. The molecule has 4 nitrogen and oxygen atoms in total. The highest BCUT2D eigenvalue weighted by Crippen LogP contribution is 2.34. The molecule has 2 amide bonds. The van der Waals surface area contributed by atoms with Crippen LogP contribution in [0.25, 0.3) is 0 Å². The first-order valence-corrected chi connectivity index (χ1v) is 7.67. The van der Waals surface area contributed by atoms with Gasteiger partial charge in [-0.25, -0.2) is 0 Å². The second kappa shape index (κ2) is 8.18. The number of hydrogen-bond acceptors (Lipinski definition) is 2. The molecule has 0 heterocycles. The van der Waals surface area contributed by atoms with Gasteiger partial charge >= 0.3 is 0 Å². The summed E-state index contributed by atoms with van der Waals surface area (Å²) in [6, 6.07) is 0. The lowest BCUT2D eigenvalue weighted by atomic mass is 9.80. The molecule has 1 saturated carbocycles. The molecular formula is C15H28N2O2. The number of primary amides is 1. The van der Waals surface area contributed by atoms with Crippen LogP contribution in [0.3, 0.4) is 0 Å². The molecule has 3 N–H and O–H groups in total. The van der Waals surface area contributed by atoms with E-state index in [1.165, 1.54) is 25.7 Å². The Balaban J connectivity index is 2.75. The SMILES string of the molecule is CCC[C@H](C(N)=O)[C@@H](CC1CCCC1)C(=O)NCC. The highest BCUT2D eigenvalue weighted by Gasteiger charge is 2.34. The van der Waals surface area contributed by atoms with Crippen molar-refractivity contribution < 1.29 is 9.59 Å². The summed E-state index contributed by atoms with van der Waals surface area (Å²) in [6.45, 7) is 4.54. The lowest BCUT2D eigenvalue weighted by Gasteiger charge is -2.26. The average molecular weight is 268 g/mol. The minimum absolute atomic E-state index is 0.00616. The molecule has 0 aromatic heterocycles. The standard InChI is InChI=1S/C15H28N2O2/c1-3-7-12(14(16)18)13(15(19)17-4-2)10-11-8-5-6-9-11/h11-13H,3-10H2,1-2H3,(H2,16,18)(H,17,19)/t12-,13+/m0/s1. The smallest absolute Gasteiger partial charge is 0.223 e. The van der Waals surface area contributed by atoms with E-state index in [1.807, 2.05) is 13.8 Å². The van der Waals surface area contributed by atoms with Crippen LogP contribution in [0.2, 0.25) is 0 Å². The van der Waals surface area contributed by atoms with Crippen LogP contribution in [0.4, 0.5) is 0 Å². The Morgan fingerprint density at radius 3 is 2.32 bits per heavy atom. The normalized spacial score (nSPS) is 19.1. The fourth-order valence-electron chi connectivity index (χ4n) is 3.22. The summed E-state index contributed by atoms with van der Waals surface area (Å²) in [7, 11) is 0. The van der Waals surface area contributed by atoms with Gasteiger partial charge in [-0.2, -0.15) is 0 Å². The van der Waals surface area contributed by atoms with Gasteiger partial charge in [0.2, 0.25) is 11.8 Å². The Morgan fingerprint density at radius 2 is 1.84 bits per heavy atom. The highest BCUT2D eigenvalue weighted by atomic mass is 16.2. The van der Waals surface area contributed by atoms with Crippen LogP contribution in [0, 0.1) is 17.8 Å². The van der Waals surface area contributed by atoms with Crippen LogP contribution in [-0.2, 0) is 9.59 Å². The molecule has 110 valence electrons. The first kappa shape index (κ1) is 16.0. The molecule has 2 atom stereocenters. The van der Waals surface area contributed by atoms with Crippen molar-refractivity contribution in [2.24, 2.45) is 23.5 Å². The zero-order chi connectivity index (χ0) is 14.3. The second-order valence-corrected chi connectivity index (χ2v) is 5.68. The van der Waals surface area contributed by atoms with Crippen molar-refractivity contribution in [3.63, 3.8) is 0 Å². The monoisotopic (exact) mass is 268 g/mol. The van der Waals surface area contributed by atoms with Gasteiger partial charge < -0.3 is 11.1 Å². The van der Waals surface area contributed by atoms with Gasteiger partial charge in [0.25, 0.3) is 0 Å². The number of amides is 2. The second-order valence-electron chi connectivity index (χ2n) is 5.68. The van der Waals surface area contributed by atoms with Crippen molar-refractivity contribution in [2.45, 2.75) is 58.8 Å². The van der Waals surface area contributed by atoms with E-state index in [-0.39, 0.29) is 23.7 Å². The van der Waals surface area contributed by atoms with Crippen molar-refractivity contribution in [3.8, 4) is 0 Å². The third-order valence-corrected chi connectivity index (χ3v) is 4.20. The average Bonchev–Trinajstić information content (AvgIpc) is 2.86. The van der Waals surface area contributed by atoms with E-state index in [4.69, 9.17) is 5.73 Å². The number of carbonyl (C=O) groups is 2. The van der Waals surface area contributed by atoms with Crippen molar-refractivity contribution in [3.05, 3.63) is 0 Å². The molecule has 0 radical (unpaired) electrons. The predicted octanol–water partition coefficient (Wildman–Crippen LogP) is 2.22. The molecule has 0 saturated heterocycles. The van der Waals surface area contributed by atoms with E-state index in [9.17, 15) is 9.59 Å². The lowest BCUT2D eigenvalue weighted by Crippen LogP contribution is -2.41. The topological polar surface area (TPSA) is 72.2 Å². The first-order valence-electron chi connectivity index (χ1n) is 7.67. The fraction of sp³-hybridized carbons (Fsp3) is 0.867. The van der Waals surface area contributed by atoms with Crippen molar-refractivity contribution >= 4 is 11.8 Å². The largest absolute Gasteiger partial charge is 0.369 e. The maximum Gasteiger partial charge on any atom is 0.223 e. The lowest BCUT2D eigenvalue weighted by molar-refractivity contribution is -0.134. The molecule has 1 aliphatic carbocycles. The summed E-state index contributed by atoms with van der Waals surface area (Å²) in [5.74, 6) is -0.272. The van der Waals surface area contributed by atoms with E-state index in [2.05, 4.69) is 5.32 Å². The molecule has 0 aromatic carbocycles. The molecule has 0 unspecified atom stereocenters. The Morgan fingerprint density at radius 1 is 1.21 bits per heavy atom. The Hall–Kier alpha value is -1.06. The Kier molecular flexibility index (Phi) is 6.89. The van der Waals surface area contributed by atoms with E-state index in [0.29, 0.717) is 18.9 Å². The van der Waals surface area contributed by atoms with Gasteiger partial charge in [0, 0.05) is 18.4 Å². The molecule has 0 aliphatic heterocycles. The maximum absolute atomic E-state index is 12.2. The number of nitrogens with one attached hydrogen (secondary N) is 1. The summed E-state index contributed by atoms with van der Waals surface area (Å²) in [5.41, 5.74) is 5.51. The van der Waals surface area contributed by atoms with Gasteiger partial charge in [0.15, 0.2) is 0 Å². The summed E-state index contributed by atoms with van der Waals surface area (Å²) in [5, 5.41) is 2.87. The number of carbonyl (C=O) groups excluding carboxylic acids is 2. The van der Waals surface area contributed by atoms with Crippen molar-refractivity contribution in [1.29, 1.82) is 0 Å². The van der Waals surface area contributed by atoms with Crippen molar-refractivity contribution in [1.82, 2.24) is 5.32 Å². The van der Waals surface area contributed by atoms with Crippen LogP contribution < -0.4 is 11.1 Å². The molecule has 1 fully saturated rings. The van der Waals surface area contributed by atoms with Crippen LogP contribution in [0.5, 0.6) is 0 Å². The molecule has 1 rings (SSSR count). The molecular weight excluding hydrogens is 240 g/mol. The highest BCUT2D eigenvalue weighted by molar-refractivity contribution is 5.86. The fourth-order valence-corrected chi connectivity index (χ4v) is 3.22. The third kappa shape index (κ3) is 4.84. The van der Waals surface area contributed by atoms with Gasteiger partial charge in [-0.3, -0.25) is 9.59 Å². The van der Waals surface area contributed by atoms with Gasteiger partial charge in [-0.15, -0.1) is 0 Å². The van der Waals surface area contributed by atoms with E-state index in [0.717, 1.165) is 12.8 Å². The third-order valence-electron chi connectivity index (χ3n) is 4.20. The molecule has 4 heteroatoms. The predicted molar refractivity (Wildman–Crippen MR) is 76.3 cm³/mol. The molecule has 0 spiro atoms. The van der Waals surface area contributed by atoms with Crippen molar-refractivity contribution in [2.75, 3.05) is 6.54 Å². The maximum atomic E-state index is 12.2. The number of rotatable bonds is 8. The van der Waals surface area contributed by atoms with Crippen LogP contribution in [-0.4, -0.2) is 18.4 Å². The zero-order valence-corrected chi connectivity index (χ0v) is 12.3. The number of hydrogen-bond donors (Lipinski definition) is 2. The molecule has 1 aliphatic rings. The quantitative estimate of drug-likeness (QED) is 0.708. The summed E-state index contributed by atoms with van der Waals surface area (Å²) < 4.78 is 0. The Bertz CT molecular complexity index is 299. The summed E-state index contributed by atoms with van der Waals surface area (Å²) in [4.78, 5) is 23.9. The van der Waals surface area contributed by atoms with Gasteiger partial charge in [-0.1, -0.05) is 39.0 Å². The Labute approximate surface area is 116 Å². The van der Waals surface area contributed by atoms with E-state index in [1.54, 1.807) is 0 Å². The molecule has 19 heavy (non-hydrogen) atoms. The molecule has 0 bridgehead atoms. The zero-order valence-electron chi connectivity index (χ0n) is 12.3.